The minimum atomic E-state index is -0.175. The highest BCUT2D eigenvalue weighted by atomic mass is 16.2. The molecule has 140 valence electrons. The molecule has 1 aromatic heterocycles. The SMILES string of the molecule is CCCCC(CN)NC(=O)c1cccc(NC(=O)CCn2ccnc2)c1. The van der Waals surface area contributed by atoms with Crippen LogP contribution in [0.4, 0.5) is 5.69 Å². The minimum absolute atomic E-state index is 0.0316. The summed E-state index contributed by atoms with van der Waals surface area (Å²) in [7, 11) is 0. The fraction of sp³-hybridized carbons (Fsp3) is 0.421. The molecule has 0 saturated carbocycles. The van der Waals surface area contributed by atoms with Gasteiger partial charge in [-0.05, 0) is 24.6 Å². The van der Waals surface area contributed by atoms with Gasteiger partial charge >= 0.3 is 0 Å². The van der Waals surface area contributed by atoms with Crippen molar-refractivity contribution in [1.82, 2.24) is 14.9 Å². The Balaban J connectivity index is 1.89. The van der Waals surface area contributed by atoms with Gasteiger partial charge in [-0.1, -0.05) is 25.8 Å². The summed E-state index contributed by atoms with van der Waals surface area (Å²) in [5, 5.41) is 5.78. The van der Waals surface area contributed by atoms with Gasteiger partial charge in [0, 0.05) is 49.2 Å². The van der Waals surface area contributed by atoms with E-state index < -0.39 is 0 Å². The number of imidazole rings is 1. The zero-order valence-electron chi connectivity index (χ0n) is 15.1. The number of nitrogens with one attached hydrogen (secondary N) is 2. The summed E-state index contributed by atoms with van der Waals surface area (Å²) in [5.74, 6) is -0.287. The minimum Gasteiger partial charge on any atom is -0.348 e. The number of amides is 2. The van der Waals surface area contributed by atoms with E-state index >= 15 is 0 Å². The molecule has 2 aromatic rings. The van der Waals surface area contributed by atoms with Crippen LogP contribution in [0.2, 0.25) is 0 Å². The molecule has 0 radical (unpaired) electrons. The molecule has 26 heavy (non-hydrogen) atoms. The summed E-state index contributed by atoms with van der Waals surface area (Å²) in [4.78, 5) is 28.4. The van der Waals surface area contributed by atoms with Gasteiger partial charge in [-0.3, -0.25) is 9.59 Å². The molecule has 1 unspecified atom stereocenters. The van der Waals surface area contributed by atoms with Gasteiger partial charge in [-0.15, -0.1) is 0 Å². The van der Waals surface area contributed by atoms with E-state index in [0.717, 1.165) is 19.3 Å². The first-order valence-electron chi connectivity index (χ1n) is 8.99. The van der Waals surface area contributed by atoms with E-state index in [2.05, 4.69) is 22.5 Å². The Labute approximate surface area is 154 Å². The number of anilines is 1. The van der Waals surface area contributed by atoms with Crippen molar-refractivity contribution in [2.24, 2.45) is 5.73 Å². The van der Waals surface area contributed by atoms with E-state index in [9.17, 15) is 9.59 Å². The molecule has 0 bridgehead atoms. The van der Waals surface area contributed by atoms with Crippen molar-refractivity contribution in [3.05, 3.63) is 48.5 Å². The first kappa shape index (κ1) is 19.7. The van der Waals surface area contributed by atoms with E-state index in [1.165, 1.54) is 0 Å². The second-order valence-electron chi connectivity index (χ2n) is 6.23. The van der Waals surface area contributed by atoms with Crippen molar-refractivity contribution in [3.63, 3.8) is 0 Å². The van der Waals surface area contributed by atoms with Crippen molar-refractivity contribution in [3.8, 4) is 0 Å². The van der Waals surface area contributed by atoms with Crippen LogP contribution in [0.5, 0.6) is 0 Å². The number of carbonyl (C=O) groups excluding carboxylic acids is 2. The lowest BCUT2D eigenvalue weighted by Gasteiger charge is -2.16. The summed E-state index contributed by atoms with van der Waals surface area (Å²) < 4.78 is 1.84. The number of nitrogens with zero attached hydrogens (tertiary/aromatic N) is 2. The van der Waals surface area contributed by atoms with Gasteiger partial charge in [0.2, 0.25) is 5.91 Å². The van der Waals surface area contributed by atoms with Gasteiger partial charge in [0.05, 0.1) is 6.33 Å². The van der Waals surface area contributed by atoms with Crippen LogP contribution in [0.3, 0.4) is 0 Å². The number of carbonyl (C=O) groups is 2. The van der Waals surface area contributed by atoms with Crippen LogP contribution >= 0.6 is 0 Å². The molecule has 0 spiro atoms. The summed E-state index contributed by atoms with van der Waals surface area (Å²) in [6.07, 6.45) is 8.44. The lowest BCUT2D eigenvalue weighted by molar-refractivity contribution is -0.116. The molecule has 2 amide bonds. The van der Waals surface area contributed by atoms with Crippen molar-refractivity contribution in [2.45, 2.75) is 45.2 Å². The van der Waals surface area contributed by atoms with E-state index in [1.54, 1.807) is 36.8 Å². The first-order chi connectivity index (χ1) is 12.6. The van der Waals surface area contributed by atoms with Crippen LogP contribution in [0, 0.1) is 0 Å². The Hall–Kier alpha value is -2.67. The average Bonchev–Trinajstić information content (AvgIpc) is 3.17. The highest BCUT2D eigenvalue weighted by molar-refractivity contribution is 5.97. The number of hydrogen-bond acceptors (Lipinski definition) is 4. The van der Waals surface area contributed by atoms with Crippen molar-refractivity contribution >= 4 is 17.5 Å². The van der Waals surface area contributed by atoms with Gasteiger partial charge in [0.1, 0.15) is 0 Å². The number of hydrogen-bond donors (Lipinski definition) is 3. The molecule has 2 rings (SSSR count). The number of benzene rings is 1. The molecule has 0 aliphatic carbocycles. The monoisotopic (exact) mass is 357 g/mol. The van der Waals surface area contributed by atoms with Crippen LogP contribution in [0.1, 0.15) is 43.0 Å². The molecule has 0 fully saturated rings. The fourth-order valence-electron chi connectivity index (χ4n) is 2.58. The third-order valence-electron chi connectivity index (χ3n) is 4.09. The van der Waals surface area contributed by atoms with Crippen molar-refractivity contribution in [1.29, 1.82) is 0 Å². The van der Waals surface area contributed by atoms with E-state index in [4.69, 9.17) is 5.73 Å². The van der Waals surface area contributed by atoms with Crippen molar-refractivity contribution < 1.29 is 9.59 Å². The molecule has 0 saturated heterocycles. The van der Waals surface area contributed by atoms with Gasteiger partial charge in [0.15, 0.2) is 0 Å². The molecule has 1 atom stereocenters. The van der Waals surface area contributed by atoms with E-state index in [0.29, 0.717) is 30.8 Å². The number of rotatable bonds is 10. The maximum absolute atomic E-state index is 12.4. The predicted molar refractivity (Wildman–Crippen MR) is 102 cm³/mol. The lowest BCUT2D eigenvalue weighted by atomic mass is 10.1. The number of nitrogens with two attached hydrogens (primary N) is 1. The van der Waals surface area contributed by atoms with Crippen LogP contribution in [0.25, 0.3) is 0 Å². The molecule has 1 heterocycles. The maximum Gasteiger partial charge on any atom is 0.251 e. The normalized spacial score (nSPS) is 11.8. The first-order valence-corrected chi connectivity index (χ1v) is 8.99. The highest BCUT2D eigenvalue weighted by Crippen LogP contribution is 2.12. The predicted octanol–water partition coefficient (Wildman–Crippen LogP) is 2.16. The van der Waals surface area contributed by atoms with Crippen LogP contribution in [-0.2, 0) is 11.3 Å². The number of unbranched alkanes of at least 4 members (excludes halogenated alkanes) is 1. The fourth-order valence-corrected chi connectivity index (χ4v) is 2.58. The molecule has 1 aromatic carbocycles. The molecule has 0 aliphatic heterocycles. The third kappa shape index (κ3) is 6.33. The largest absolute Gasteiger partial charge is 0.348 e. The molecular weight excluding hydrogens is 330 g/mol. The average molecular weight is 357 g/mol. The summed E-state index contributed by atoms with van der Waals surface area (Å²) in [6.45, 7) is 3.08. The summed E-state index contributed by atoms with van der Waals surface area (Å²) in [5.41, 5.74) is 6.84. The Morgan fingerprint density at radius 1 is 1.35 bits per heavy atom. The smallest absolute Gasteiger partial charge is 0.251 e. The molecule has 0 aliphatic rings. The van der Waals surface area contributed by atoms with Crippen LogP contribution in [-0.4, -0.2) is 34.0 Å². The summed E-state index contributed by atoms with van der Waals surface area (Å²) >= 11 is 0. The second-order valence-corrected chi connectivity index (χ2v) is 6.23. The Morgan fingerprint density at radius 3 is 2.88 bits per heavy atom. The second kappa shape index (κ2) is 10.4. The third-order valence-corrected chi connectivity index (χ3v) is 4.09. The van der Waals surface area contributed by atoms with Crippen LogP contribution < -0.4 is 16.4 Å². The summed E-state index contributed by atoms with van der Waals surface area (Å²) in [6, 6.07) is 6.89. The number of aryl methyl sites for hydroxylation is 1. The van der Waals surface area contributed by atoms with Gasteiger partial charge in [-0.25, -0.2) is 4.98 Å². The molecular formula is C19H27N5O2. The van der Waals surface area contributed by atoms with Gasteiger partial charge < -0.3 is 20.9 Å². The Morgan fingerprint density at radius 2 is 2.19 bits per heavy atom. The maximum atomic E-state index is 12.4. The van der Waals surface area contributed by atoms with E-state index in [1.807, 2.05) is 10.8 Å². The zero-order valence-corrected chi connectivity index (χ0v) is 15.1. The van der Waals surface area contributed by atoms with Crippen molar-refractivity contribution in [2.75, 3.05) is 11.9 Å². The highest BCUT2D eigenvalue weighted by Gasteiger charge is 2.13. The molecule has 7 heteroatoms. The van der Waals surface area contributed by atoms with Crippen LogP contribution in [0.15, 0.2) is 43.0 Å². The lowest BCUT2D eigenvalue weighted by Crippen LogP contribution is -2.40. The molecule has 7 nitrogen and oxygen atoms in total. The quantitative estimate of drug-likeness (QED) is 0.606. The number of aromatic nitrogens is 2. The topological polar surface area (TPSA) is 102 Å². The Kier molecular flexibility index (Phi) is 7.82. The Bertz CT molecular complexity index is 700. The zero-order chi connectivity index (χ0) is 18.8. The van der Waals surface area contributed by atoms with Gasteiger partial charge in [-0.2, -0.15) is 0 Å². The molecule has 4 N–H and O–H groups in total. The van der Waals surface area contributed by atoms with Gasteiger partial charge in [0.25, 0.3) is 5.91 Å². The van der Waals surface area contributed by atoms with E-state index in [-0.39, 0.29) is 17.9 Å². The standard InChI is InChI=1S/C19H27N5O2/c1-2-3-6-17(13-20)23-19(26)15-5-4-7-16(12-15)22-18(25)8-10-24-11-9-21-14-24/h4-5,7,9,11-12,14,17H,2-3,6,8,10,13,20H2,1H3,(H,22,25)(H,23,26).